The minimum atomic E-state index is 0.0651. The van der Waals surface area contributed by atoms with Crippen LogP contribution in [0.5, 0.6) is 0 Å². The van der Waals surface area contributed by atoms with Crippen LogP contribution < -0.4 is 5.32 Å². The number of rotatable bonds is 6. The van der Waals surface area contributed by atoms with Crippen molar-refractivity contribution < 1.29 is 9.53 Å². The van der Waals surface area contributed by atoms with Gasteiger partial charge in [0.25, 0.3) is 0 Å². The first-order chi connectivity index (χ1) is 9.28. The topological polar surface area (TPSA) is 56.2 Å². The predicted molar refractivity (Wildman–Crippen MR) is 74.0 cm³/mol. The van der Waals surface area contributed by atoms with E-state index in [4.69, 9.17) is 4.74 Å². The molecule has 1 aliphatic heterocycles. The van der Waals surface area contributed by atoms with E-state index in [9.17, 15) is 4.79 Å². The Hall–Kier alpha value is -1.36. The highest BCUT2D eigenvalue weighted by molar-refractivity contribution is 5.90. The molecule has 5 nitrogen and oxygen atoms in total. The molecular weight excluding hydrogens is 242 g/mol. The molecule has 2 heterocycles. The van der Waals surface area contributed by atoms with Crippen molar-refractivity contribution >= 4 is 11.6 Å². The van der Waals surface area contributed by atoms with Crippen molar-refractivity contribution in [1.29, 1.82) is 0 Å². The molecule has 0 spiro atoms. The Morgan fingerprint density at radius 1 is 1.58 bits per heavy atom. The molecule has 19 heavy (non-hydrogen) atoms. The standard InChI is InChI=1S/C14H23N3O2/c1-2-3-7-14(18)16-12-9-15-17(10-12)11-13-6-4-5-8-19-13/h9-10,13H,2-8,11H2,1H3,(H,16,18). The molecule has 1 aromatic heterocycles. The van der Waals surface area contributed by atoms with Gasteiger partial charge in [0.05, 0.1) is 24.5 Å². The molecule has 1 saturated heterocycles. The number of carbonyl (C=O) groups is 1. The van der Waals surface area contributed by atoms with E-state index in [0.29, 0.717) is 6.42 Å². The largest absolute Gasteiger partial charge is 0.376 e. The van der Waals surface area contributed by atoms with E-state index in [1.165, 1.54) is 6.42 Å². The Labute approximate surface area is 114 Å². The summed E-state index contributed by atoms with van der Waals surface area (Å²) in [6.45, 7) is 3.70. The summed E-state index contributed by atoms with van der Waals surface area (Å²) in [6.07, 6.45) is 9.86. The summed E-state index contributed by atoms with van der Waals surface area (Å²) in [5.74, 6) is 0.0651. The van der Waals surface area contributed by atoms with Crippen LogP contribution in [0, 0.1) is 0 Å². The lowest BCUT2D eigenvalue weighted by atomic mass is 10.1. The predicted octanol–water partition coefficient (Wildman–Crippen LogP) is 2.58. The molecule has 0 aliphatic carbocycles. The van der Waals surface area contributed by atoms with Crippen molar-refractivity contribution in [3.63, 3.8) is 0 Å². The second kappa shape index (κ2) is 7.28. The normalized spacial score (nSPS) is 19.3. The average Bonchev–Trinajstić information content (AvgIpc) is 2.85. The lowest BCUT2D eigenvalue weighted by molar-refractivity contribution is -0.116. The summed E-state index contributed by atoms with van der Waals surface area (Å²) < 4.78 is 7.53. The second-order valence-corrected chi connectivity index (χ2v) is 5.09. The molecule has 1 N–H and O–H groups in total. The van der Waals surface area contributed by atoms with Gasteiger partial charge in [0.1, 0.15) is 0 Å². The molecule has 0 bridgehead atoms. The third-order valence-corrected chi connectivity index (χ3v) is 3.34. The zero-order chi connectivity index (χ0) is 13.5. The maximum Gasteiger partial charge on any atom is 0.224 e. The lowest BCUT2D eigenvalue weighted by Crippen LogP contribution is -2.24. The maximum absolute atomic E-state index is 11.6. The van der Waals surface area contributed by atoms with Gasteiger partial charge in [0.15, 0.2) is 0 Å². The lowest BCUT2D eigenvalue weighted by Gasteiger charge is -2.22. The Morgan fingerprint density at radius 2 is 2.47 bits per heavy atom. The third-order valence-electron chi connectivity index (χ3n) is 3.34. The Kier molecular flexibility index (Phi) is 5.39. The molecule has 1 unspecified atom stereocenters. The van der Waals surface area contributed by atoms with E-state index in [2.05, 4.69) is 17.3 Å². The van der Waals surface area contributed by atoms with E-state index in [1.807, 2.05) is 10.9 Å². The quantitative estimate of drug-likeness (QED) is 0.860. The van der Waals surface area contributed by atoms with Crippen LogP contribution in [0.2, 0.25) is 0 Å². The average molecular weight is 265 g/mol. The van der Waals surface area contributed by atoms with Gasteiger partial charge in [0.2, 0.25) is 5.91 Å². The van der Waals surface area contributed by atoms with Crippen LogP contribution in [-0.2, 0) is 16.1 Å². The number of unbranched alkanes of at least 4 members (excludes halogenated alkanes) is 1. The van der Waals surface area contributed by atoms with E-state index in [1.54, 1.807) is 6.20 Å². The van der Waals surface area contributed by atoms with Gasteiger partial charge in [-0.25, -0.2) is 0 Å². The van der Waals surface area contributed by atoms with Crippen molar-refractivity contribution in [2.75, 3.05) is 11.9 Å². The number of hydrogen-bond donors (Lipinski definition) is 1. The maximum atomic E-state index is 11.6. The summed E-state index contributed by atoms with van der Waals surface area (Å²) >= 11 is 0. The SMILES string of the molecule is CCCCC(=O)Nc1cnn(CC2CCCCO2)c1. The molecule has 1 aromatic rings. The molecule has 0 radical (unpaired) electrons. The molecule has 5 heteroatoms. The van der Waals surface area contributed by atoms with E-state index >= 15 is 0 Å². The molecule has 106 valence electrons. The van der Waals surface area contributed by atoms with Crippen molar-refractivity contribution in [3.8, 4) is 0 Å². The molecule has 2 rings (SSSR count). The highest BCUT2D eigenvalue weighted by atomic mass is 16.5. The number of ether oxygens (including phenoxy) is 1. The van der Waals surface area contributed by atoms with Gasteiger partial charge in [-0.05, 0) is 25.7 Å². The van der Waals surface area contributed by atoms with Gasteiger partial charge in [-0.1, -0.05) is 13.3 Å². The zero-order valence-electron chi connectivity index (χ0n) is 11.6. The number of anilines is 1. The van der Waals surface area contributed by atoms with Crippen LogP contribution in [0.4, 0.5) is 5.69 Å². The van der Waals surface area contributed by atoms with E-state index in [0.717, 1.165) is 44.5 Å². The fourth-order valence-electron chi connectivity index (χ4n) is 2.25. The van der Waals surface area contributed by atoms with E-state index in [-0.39, 0.29) is 12.0 Å². The summed E-state index contributed by atoms with van der Waals surface area (Å²) in [4.78, 5) is 11.6. The first-order valence-corrected chi connectivity index (χ1v) is 7.22. The zero-order valence-corrected chi connectivity index (χ0v) is 11.6. The molecular formula is C14H23N3O2. The number of nitrogens with zero attached hydrogens (tertiary/aromatic N) is 2. The highest BCUT2D eigenvalue weighted by Gasteiger charge is 2.15. The number of aromatic nitrogens is 2. The monoisotopic (exact) mass is 265 g/mol. The van der Waals surface area contributed by atoms with Crippen molar-refractivity contribution in [3.05, 3.63) is 12.4 Å². The second-order valence-electron chi connectivity index (χ2n) is 5.09. The van der Waals surface area contributed by atoms with Crippen LogP contribution >= 0.6 is 0 Å². The summed E-state index contributed by atoms with van der Waals surface area (Å²) in [5.41, 5.74) is 0.775. The minimum Gasteiger partial charge on any atom is -0.376 e. The molecule has 1 atom stereocenters. The van der Waals surface area contributed by atoms with Gasteiger partial charge >= 0.3 is 0 Å². The van der Waals surface area contributed by atoms with Gasteiger partial charge < -0.3 is 10.1 Å². The third kappa shape index (κ3) is 4.67. The first kappa shape index (κ1) is 14.1. The van der Waals surface area contributed by atoms with Crippen LogP contribution in [0.3, 0.4) is 0 Å². The van der Waals surface area contributed by atoms with Crippen LogP contribution in [0.25, 0.3) is 0 Å². The van der Waals surface area contributed by atoms with Crippen molar-refractivity contribution in [2.24, 2.45) is 0 Å². The van der Waals surface area contributed by atoms with Gasteiger partial charge in [-0.2, -0.15) is 5.10 Å². The molecule has 0 aromatic carbocycles. The van der Waals surface area contributed by atoms with Crippen LogP contribution in [0.15, 0.2) is 12.4 Å². The molecule has 1 fully saturated rings. The molecule has 1 amide bonds. The van der Waals surface area contributed by atoms with Crippen LogP contribution in [-0.4, -0.2) is 28.4 Å². The van der Waals surface area contributed by atoms with Gasteiger partial charge in [0, 0.05) is 19.2 Å². The summed E-state index contributed by atoms with van der Waals surface area (Å²) in [5, 5.41) is 7.14. The summed E-state index contributed by atoms with van der Waals surface area (Å²) in [7, 11) is 0. The van der Waals surface area contributed by atoms with Crippen molar-refractivity contribution in [1.82, 2.24) is 9.78 Å². The van der Waals surface area contributed by atoms with Crippen molar-refractivity contribution in [2.45, 2.75) is 58.1 Å². The first-order valence-electron chi connectivity index (χ1n) is 7.22. The Balaban J connectivity index is 1.79. The number of amides is 1. The molecule has 0 saturated carbocycles. The highest BCUT2D eigenvalue weighted by Crippen LogP contribution is 2.15. The minimum absolute atomic E-state index is 0.0651. The fourth-order valence-corrected chi connectivity index (χ4v) is 2.25. The number of hydrogen-bond acceptors (Lipinski definition) is 3. The number of nitrogens with one attached hydrogen (secondary N) is 1. The van der Waals surface area contributed by atoms with Crippen LogP contribution in [0.1, 0.15) is 45.4 Å². The Morgan fingerprint density at radius 3 is 3.21 bits per heavy atom. The summed E-state index contributed by atoms with van der Waals surface area (Å²) in [6, 6.07) is 0. The van der Waals surface area contributed by atoms with E-state index < -0.39 is 0 Å². The molecule has 1 aliphatic rings. The fraction of sp³-hybridized carbons (Fsp3) is 0.714. The Bertz CT molecular complexity index is 397. The van der Waals surface area contributed by atoms with Gasteiger partial charge in [-0.3, -0.25) is 9.48 Å². The number of carbonyl (C=O) groups excluding carboxylic acids is 1. The van der Waals surface area contributed by atoms with Gasteiger partial charge in [-0.15, -0.1) is 0 Å². The smallest absolute Gasteiger partial charge is 0.224 e.